The number of aryl methyl sites for hydroxylation is 2. The van der Waals surface area contributed by atoms with E-state index >= 15 is 0 Å². The van der Waals surface area contributed by atoms with Crippen LogP contribution >= 0.6 is 11.6 Å². The van der Waals surface area contributed by atoms with Gasteiger partial charge in [-0.3, -0.25) is 0 Å². The Bertz CT molecular complexity index is 608. The van der Waals surface area contributed by atoms with Crippen molar-refractivity contribution in [3.05, 3.63) is 63.7 Å². The summed E-state index contributed by atoms with van der Waals surface area (Å²) < 4.78 is 5.78. The van der Waals surface area contributed by atoms with Crippen molar-refractivity contribution in [1.82, 2.24) is 0 Å². The van der Waals surface area contributed by atoms with Crippen LogP contribution in [0.4, 0.5) is 0 Å². The van der Waals surface area contributed by atoms with E-state index in [9.17, 15) is 0 Å². The summed E-state index contributed by atoms with van der Waals surface area (Å²) >= 11 is 6.22. The lowest BCUT2D eigenvalue weighted by Crippen LogP contribution is -2.05. The predicted molar refractivity (Wildman–Crippen MR) is 84.3 cm³/mol. The Balaban J connectivity index is 2.09. The normalized spacial score (nSPS) is 12.2. The molecule has 20 heavy (non-hydrogen) atoms. The molecular weight excluding hydrogens is 270 g/mol. The van der Waals surface area contributed by atoms with E-state index in [2.05, 4.69) is 32.0 Å². The van der Waals surface area contributed by atoms with Gasteiger partial charge >= 0.3 is 0 Å². The highest BCUT2D eigenvalue weighted by molar-refractivity contribution is 6.32. The standard InChI is InChI=1S/C17H20ClNO/c1-11-4-5-14(8-12(11)2)10-20-17-7-6-15(13(3)19)9-16(17)18/h4-9,13H,10,19H2,1-3H3/t13-/m1/s1. The van der Waals surface area contributed by atoms with Crippen molar-refractivity contribution in [3.63, 3.8) is 0 Å². The molecule has 2 aromatic carbocycles. The molecule has 2 N–H and O–H groups in total. The first-order valence-corrected chi connectivity index (χ1v) is 7.09. The minimum Gasteiger partial charge on any atom is -0.487 e. The van der Waals surface area contributed by atoms with E-state index in [-0.39, 0.29) is 6.04 Å². The molecule has 0 aliphatic rings. The molecule has 0 bridgehead atoms. The highest BCUT2D eigenvalue weighted by atomic mass is 35.5. The molecule has 0 radical (unpaired) electrons. The van der Waals surface area contributed by atoms with Crippen LogP contribution in [0.25, 0.3) is 0 Å². The minimum absolute atomic E-state index is 0.0266. The average Bonchev–Trinajstić information content (AvgIpc) is 2.41. The number of halogens is 1. The summed E-state index contributed by atoms with van der Waals surface area (Å²) in [6.07, 6.45) is 0. The summed E-state index contributed by atoms with van der Waals surface area (Å²) in [5.41, 5.74) is 10.5. The van der Waals surface area contributed by atoms with E-state index in [1.807, 2.05) is 25.1 Å². The topological polar surface area (TPSA) is 35.2 Å². The lowest BCUT2D eigenvalue weighted by molar-refractivity contribution is 0.306. The van der Waals surface area contributed by atoms with Crippen LogP contribution in [-0.2, 0) is 6.61 Å². The maximum Gasteiger partial charge on any atom is 0.138 e. The zero-order valence-electron chi connectivity index (χ0n) is 12.1. The molecule has 3 heteroatoms. The van der Waals surface area contributed by atoms with Crippen molar-refractivity contribution >= 4 is 11.6 Å². The predicted octanol–water partition coefficient (Wildman–Crippen LogP) is 4.56. The molecule has 0 aliphatic heterocycles. The zero-order valence-corrected chi connectivity index (χ0v) is 12.9. The minimum atomic E-state index is -0.0266. The first-order chi connectivity index (χ1) is 9.47. The van der Waals surface area contributed by atoms with Crippen molar-refractivity contribution in [2.45, 2.75) is 33.4 Å². The van der Waals surface area contributed by atoms with E-state index in [1.54, 1.807) is 0 Å². The van der Waals surface area contributed by atoms with Gasteiger partial charge in [-0.25, -0.2) is 0 Å². The van der Waals surface area contributed by atoms with Crippen LogP contribution in [0.3, 0.4) is 0 Å². The van der Waals surface area contributed by atoms with Gasteiger partial charge in [0.2, 0.25) is 0 Å². The third-order valence-corrected chi connectivity index (χ3v) is 3.74. The van der Waals surface area contributed by atoms with Crippen LogP contribution < -0.4 is 10.5 Å². The van der Waals surface area contributed by atoms with Crippen LogP contribution in [0.5, 0.6) is 5.75 Å². The van der Waals surface area contributed by atoms with Gasteiger partial charge in [-0.1, -0.05) is 35.9 Å². The number of benzene rings is 2. The summed E-state index contributed by atoms with van der Waals surface area (Å²) in [6, 6.07) is 12.0. The Morgan fingerprint density at radius 3 is 2.45 bits per heavy atom. The van der Waals surface area contributed by atoms with Gasteiger partial charge in [0.15, 0.2) is 0 Å². The third kappa shape index (κ3) is 3.53. The Morgan fingerprint density at radius 2 is 1.85 bits per heavy atom. The lowest BCUT2D eigenvalue weighted by atomic mass is 10.1. The van der Waals surface area contributed by atoms with E-state index in [0.717, 1.165) is 11.1 Å². The summed E-state index contributed by atoms with van der Waals surface area (Å²) in [4.78, 5) is 0. The molecule has 0 fully saturated rings. The number of ether oxygens (including phenoxy) is 1. The molecule has 0 spiro atoms. The quantitative estimate of drug-likeness (QED) is 0.896. The Hall–Kier alpha value is -1.51. The number of nitrogens with two attached hydrogens (primary N) is 1. The molecule has 0 unspecified atom stereocenters. The Kier molecular flexibility index (Phi) is 4.69. The van der Waals surface area contributed by atoms with Crippen LogP contribution in [0.2, 0.25) is 5.02 Å². The van der Waals surface area contributed by atoms with Crippen molar-refractivity contribution in [1.29, 1.82) is 0 Å². The number of hydrogen-bond donors (Lipinski definition) is 1. The molecule has 2 aromatic rings. The van der Waals surface area contributed by atoms with Crippen LogP contribution in [0.15, 0.2) is 36.4 Å². The number of rotatable bonds is 4. The summed E-state index contributed by atoms with van der Waals surface area (Å²) in [5, 5.41) is 0.601. The van der Waals surface area contributed by atoms with Crippen molar-refractivity contribution in [3.8, 4) is 5.75 Å². The molecule has 2 nitrogen and oxygen atoms in total. The second kappa shape index (κ2) is 6.29. The second-order valence-corrected chi connectivity index (χ2v) is 5.59. The fourth-order valence-corrected chi connectivity index (χ4v) is 2.22. The Morgan fingerprint density at radius 1 is 1.10 bits per heavy atom. The van der Waals surface area contributed by atoms with Gasteiger partial charge in [0, 0.05) is 6.04 Å². The van der Waals surface area contributed by atoms with Crippen molar-refractivity contribution in [2.24, 2.45) is 5.73 Å². The largest absolute Gasteiger partial charge is 0.487 e. The fourth-order valence-electron chi connectivity index (χ4n) is 1.97. The molecule has 106 valence electrons. The van der Waals surface area contributed by atoms with Gasteiger partial charge in [-0.15, -0.1) is 0 Å². The van der Waals surface area contributed by atoms with Crippen LogP contribution in [-0.4, -0.2) is 0 Å². The summed E-state index contributed by atoms with van der Waals surface area (Å²) in [7, 11) is 0. The van der Waals surface area contributed by atoms with Gasteiger partial charge in [0.25, 0.3) is 0 Å². The molecular formula is C17H20ClNO. The first kappa shape index (κ1) is 14.9. The molecule has 1 atom stereocenters. The van der Waals surface area contributed by atoms with Gasteiger partial charge in [-0.05, 0) is 55.2 Å². The van der Waals surface area contributed by atoms with E-state index in [1.165, 1.54) is 11.1 Å². The van der Waals surface area contributed by atoms with E-state index in [4.69, 9.17) is 22.1 Å². The van der Waals surface area contributed by atoms with Crippen LogP contribution in [0.1, 0.15) is 35.2 Å². The average molecular weight is 290 g/mol. The lowest BCUT2D eigenvalue weighted by Gasteiger charge is -2.12. The van der Waals surface area contributed by atoms with Crippen LogP contribution in [0, 0.1) is 13.8 Å². The molecule has 0 saturated carbocycles. The van der Waals surface area contributed by atoms with Gasteiger partial charge < -0.3 is 10.5 Å². The maximum atomic E-state index is 6.22. The molecule has 2 rings (SSSR count). The SMILES string of the molecule is Cc1ccc(COc2ccc([C@@H](C)N)cc2Cl)cc1C. The van der Waals surface area contributed by atoms with Gasteiger partial charge in [-0.2, -0.15) is 0 Å². The smallest absolute Gasteiger partial charge is 0.138 e. The molecule has 0 heterocycles. The van der Waals surface area contributed by atoms with Gasteiger partial charge in [0.1, 0.15) is 12.4 Å². The molecule has 0 saturated heterocycles. The monoisotopic (exact) mass is 289 g/mol. The zero-order chi connectivity index (χ0) is 14.7. The Labute approximate surface area is 125 Å². The van der Waals surface area contributed by atoms with Crippen molar-refractivity contribution in [2.75, 3.05) is 0 Å². The second-order valence-electron chi connectivity index (χ2n) is 5.19. The molecule has 0 amide bonds. The molecule has 0 aromatic heterocycles. The summed E-state index contributed by atoms with van der Waals surface area (Å²) in [6.45, 7) is 6.65. The first-order valence-electron chi connectivity index (χ1n) is 6.71. The molecule has 0 aliphatic carbocycles. The highest BCUT2D eigenvalue weighted by Crippen LogP contribution is 2.28. The van der Waals surface area contributed by atoms with Gasteiger partial charge in [0.05, 0.1) is 5.02 Å². The summed E-state index contributed by atoms with van der Waals surface area (Å²) in [5.74, 6) is 0.689. The third-order valence-electron chi connectivity index (χ3n) is 3.45. The highest BCUT2D eigenvalue weighted by Gasteiger charge is 2.06. The number of hydrogen-bond acceptors (Lipinski definition) is 2. The van der Waals surface area contributed by atoms with Crippen molar-refractivity contribution < 1.29 is 4.74 Å². The van der Waals surface area contributed by atoms with E-state index in [0.29, 0.717) is 17.4 Å². The fraction of sp³-hybridized carbons (Fsp3) is 0.294. The van der Waals surface area contributed by atoms with E-state index < -0.39 is 0 Å². The maximum absolute atomic E-state index is 6.22.